The summed E-state index contributed by atoms with van der Waals surface area (Å²) in [5, 5.41) is 8.56. The molecule has 5 rings (SSSR count). The third-order valence-electron chi connectivity index (χ3n) is 6.92. The first-order valence-corrected chi connectivity index (χ1v) is 11.3. The first-order valence-electron chi connectivity index (χ1n) is 11.3. The topological polar surface area (TPSA) is 47.7 Å². The number of hydrogen-bond acceptors (Lipinski definition) is 3. The van der Waals surface area contributed by atoms with Crippen molar-refractivity contribution in [2.75, 3.05) is 5.32 Å². The van der Waals surface area contributed by atoms with E-state index in [0.717, 1.165) is 23.6 Å². The van der Waals surface area contributed by atoms with Gasteiger partial charge in [0.15, 0.2) is 0 Å². The molecule has 5 nitrogen and oxygen atoms in total. The van der Waals surface area contributed by atoms with E-state index in [1.165, 1.54) is 16.8 Å². The van der Waals surface area contributed by atoms with Crippen LogP contribution in [0.1, 0.15) is 57.0 Å². The van der Waals surface area contributed by atoms with E-state index in [2.05, 4.69) is 110 Å². The minimum absolute atomic E-state index is 0.101. The zero-order valence-corrected chi connectivity index (χ0v) is 19.5. The number of rotatable bonds is 4. The lowest BCUT2D eigenvalue weighted by Gasteiger charge is -2.38. The molecule has 2 aromatic carbocycles. The molecule has 32 heavy (non-hydrogen) atoms. The van der Waals surface area contributed by atoms with Gasteiger partial charge in [0.05, 0.1) is 23.3 Å². The maximum absolute atomic E-state index is 4.87. The molecule has 0 spiro atoms. The van der Waals surface area contributed by atoms with Crippen molar-refractivity contribution in [1.29, 1.82) is 0 Å². The van der Waals surface area contributed by atoms with Gasteiger partial charge in [-0.1, -0.05) is 74.5 Å². The third kappa shape index (κ3) is 3.24. The Kier molecular flexibility index (Phi) is 4.73. The van der Waals surface area contributed by atoms with Crippen molar-refractivity contribution < 1.29 is 0 Å². The molecule has 2 aromatic heterocycles. The lowest BCUT2D eigenvalue weighted by molar-refractivity contribution is 0.263. The van der Waals surface area contributed by atoms with E-state index in [4.69, 9.17) is 10.1 Å². The predicted octanol–water partition coefficient (Wildman–Crippen LogP) is 5.90. The first kappa shape index (κ1) is 20.6. The Labute approximate surface area is 190 Å². The summed E-state index contributed by atoms with van der Waals surface area (Å²) in [4.78, 5) is 4.87. The number of nitrogens with zero attached hydrogens (tertiary/aromatic N) is 4. The normalized spacial score (nSPS) is 17.6. The van der Waals surface area contributed by atoms with E-state index in [9.17, 15) is 0 Å². The summed E-state index contributed by atoms with van der Waals surface area (Å²) in [6.45, 7) is 9.02. The van der Waals surface area contributed by atoms with Gasteiger partial charge in [0.2, 0.25) is 0 Å². The van der Waals surface area contributed by atoms with Gasteiger partial charge in [-0.05, 0) is 31.4 Å². The van der Waals surface area contributed by atoms with E-state index in [-0.39, 0.29) is 17.0 Å². The molecule has 1 aliphatic rings. The summed E-state index contributed by atoms with van der Waals surface area (Å²) in [6, 6.07) is 21.5. The van der Waals surface area contributed by atoms with Gasteiger partial charge >= 0.3 is 0 Å². The molecule has 3 heterocycles. The summed E-state index contributed by atoms with van der Waals surface area (Å²) in [7, 11) is 2.11. The highest BCUT2D eigenvalue weighted by molar-refractivity contribution is 5.72. The van der Waals surface area contributed by atoms with Gasteiger partial charge in [-0.25, -0.2) is 9.67 Å². The van der Waals surface area contributed by atoms with E-state index in [1.54, 1.807) is 0 Å². The SMILES string of the molecule is Cn1c(C(C)(C)c2ccccc2)cnc1-c1cnn2c1NC(c1ccccc1)CC2(C)C. The lowest BCUT2D eigenvalue weighted by atomic mass is 9.82. The molecule has 1 unspecified atom stereocenters. The molecule has 1 atom stereocenters. The fraction of sp³-hybridized carbons (Fsp3) is 0.333. The Morgan fingerprint density at radius 3 is 2.31 bits per heavy atom. The number of benzene rings is 2. The zero-order chi connectivity index (χ0) is 22.5. The van der Waals surface area contributed by atoms with Gasteiger partial charge in [-0.3, -0.25) is 0 Å². The van der Waals surface area contributed by atoms with E-state index in [1.807, 2.05) is 12.4 Å². The number of hydrogen-bond donors (Lipinski definition) is 1. The number of nitrogens with one attached hydrogen (secondary N) is 1. The molecular formula is C27H31N5. The second kappa shape index (κ2) is 7.37. The van der Waals surface area contributed by atoms with Crippen molar-refractivity contribution in [1.82, 2.24) is 19.3 Å². The molecule has 0 amide bonds. The maximum Gasteiger partial charge on any atom is 0.145 e. The quantitative estimate of drug-likeness (QED) is 0.443. The first-order chi connectivity index (χ1) is 15.3. The lowest BCUT2D eigenvalue weighted by Crippen LogP contribution is -2.37. The van der Waals surface area contributed by atoms with Crippen molar-refractivity contribution >= 4 is 5.82 Å². The summed E-state index contributed by atoms with van der Waals surface area (Å²) in [5.74, 6) is 1.97. The van der Waals surface area contributed by atoms with Gasteiger partial charge < -0.3 is 9.88 Å². The zero-order valence-electron chi connectivity index (χ0n) is 19.5. The van der Waals surface area contributed by atoms with Crippen LogP contribution in [-0.4, -0.2) is 19.3 Å². The van der Waals surface area contributed by atoms with Crippen LogP contribution in [0.5, 0.6) is 0 Å². The summed E-state index contributed by atoms with van der Waals surface area (Å²) < 4.78 is 4.34. The highest BCUT2D eigenvalue weighted by Gasteiger charge is 2.37. The second-order valence-electron chi connectivity index (χ2n) is 9.96. The van der Waals surface area contributed by atoms with Crippen LogP contribution >= 0.6 is 0 Å². The fourth-order valence-corrected chi connectivity index (χ4v) is 5.04. The smallest absolute Gasteiger partial charge is 0.145 e. The van der Waals surface area contributed by atoms with E-state index in [0.29, 0.717) is 0 Å². The van der Waals surface area contributed by atoms with Gasteiger partial charge in [-0.15, -0.1) is 0 Å². The van der Waals surface area contributed by atoms with Gasteiger partial charge in [0, 0.05) is 24.4 Å². The van der Waals surface area contributed by atoms with Crippen molar-refractivity contribution in [2.45, 2.75) is 51.1 Å². The van der Waals surface area contributed by atoms with Crippen LogP contribution < -0.4 is 5.32 Å². The minimum atomic E-state index is -0.159. The Bertz CT molecular complexity index is 1230. The van der Waals surface area contributed by atoms with Crippen molar-refractivity contribution in [3.8, 4) is 11.4 Å². The predicted molar refractivity (Wildman–Crippen MR) is 130 cm³/mol. The average molecular weight is 426 g/mol. The Morgan fingerprint density at radius 2 is 1.62 bits per heavy atom. The molecule has 0 fully saturated rings. The van der Waals surface area contributed by atoms with Crippen molar-refractivity contribution in [3.05, 3.63) is 89.9 Å². The standard InChI is InChI=1S/C27H31N5/c1-26(2)16-22(19-12-8-6-9-13-19)30-25-21(17-29-32(25)26)24-28-18-23(31(24)5)27(3,4)20-14-10-7-11-15-20/h6-15,17-18,22,30H,16H2,1-5H3. The molecule has 0 radical (unpaired) electrons. The number of fused-ring (bicyclic) bond motifs is 1. The van der Waals surface area contributed by atoms with E-state index >= 15 is 0 Å². The van der Waals surface area contributed by atoms with Crippen LogP contribution in [0.4, 0.5) is 5.82 Å². The van der Waals surface area contributed by atoms with Gasteiger partial charge in [-0.2, -0.15) is 5.10 Å². The average Bonchev–Trinajstić information content (AvgIpc) is 3.38. The van der Waals surface area contributed by atoms with Crippen LogP contribution in [0.25, 0.3) is 11.4 Å². The molecule has 0 saturated heterocycles. The molecule has 0 saturated carbocycles. The fourth-order valence-electron chi connectivity index (χ4n) is 5.04. The van der Waals surface area contributed by atoms with Crippen LogP contribution in [0, 0.1) is 0 Å². The van der Waals surface area contributed by atoms with Crippen LogP contribution in [0.15, 0.2) is 73.1 Å². The van der Waals surface area contributed by atoms with Crippen LogP contribution in [-0.2, 0) is 18.0 Å². The summed E-state index contributed by atoms with van der Waals surface area (Å²) in [6.07, 6.45) is 4.94. The Balaban J connectivity index is 1.57. The summed E-state index contributed by atoms with van der Waals surface area (Å²) >= 11 is 0. The van der Waals surface area contributed by atoms with Gasteiger partial charge in [0.25, 0.3) is 0 Å². The highest BCUT2D eigenvalue weighted by atomic mass is 15.4. The Hall–Kier alpha value is -3.34. The Morgan fingerprint density at radius 1 is 0.969 bits per heavy atom. The maximum atomic E-state index is 4.87. The van der Waals surface area contributed by atoms with Crippen molar-refractivity contribution in [2.24, 2.45) is 7.05 Å². The molecule has 1 aliphatic heterocycles. The van der Waals surface area contributed by atoms with E-state index < -0.39 is 0 Å². The monoisotopic (exact) mass is 425 g/mol. The summed E-state index contributed by atoms with van der Waals surface area (Å²) in [5.41, 5.74) is 4.52. The molecule has 1 N–H and O–H groups in total. The number of imidazole rings is 1. The largest absolute Gasteiger partial charge is 0.363 e. The third-order valence-corrected chi connectivity index (χ3v) is 6.92. The second-order valence-corrected chi connectivity index (χ2v) is 9.96. The highest BCUT2D eigenvalue weighted by Crippen LogP contribution is 2.43. The molecular weight excluding hydrogens is 394 g/mol. The van der Waals surface area contributed by atoms with Gasteiger partial charge in [0.1, 0.15) is 11.6 Å². The molecule has 164 valence electrons. The minimum Gasteiger partial charge on any atom is -0.363 e. The van der Waals surface area contributed by atoms with Crippen LogP contribution in [0.2, 0.25) is 0 Å². The number of aromatic nitrogens is 4. The molecule has 5 heteroatoms. The van der Waals surface area contributed by atoms with Crippen LogP contribution in [0.3, 0.4) is 0 Å². The molecule has 0 bridgehead atoms. The number of anilines is 1. The molecule has 4 aromatic rings. The van der Waals surface area contributed by atoms with Crippen molar-refractivity contribution in [3.63, 3.8) is 0 Å². The molecule has 0 aliphatic carbocycles.